The number of hydrogen-bond acceptors (Lipinski definition) is 6. The molecule has 3 rings (SSSR count). The molecule has 1 heterocycles. The Hall–Kier alpha value is -3.68. The van der Waals surface area contributed by atoms with Gasteiger partial charge >= 0.3 is 6.09 Å². The predicted molar refractivity (Wildman–Crippen MR) is 122 cm³/mol. The summed E-state index contributed by atoms with van der Waals surface area (Å²) in [5.74, 6) is 1.90. The van der Waals surface area contributed by atoms with E-state index in [-0.39, 0.29) is 5.91 Å². The van der Waals surface area contributed by atoms with Crippen molar-refractivity contribution in [2.24, 2.45) is 0 Å². The molecule has 0 atom stereocenters. The third kappa shape index (κ3) is 5.14. The topological polar surface area (TPSA) is 86.3 Å². The first-order valence-corrected chi connectivity index (χ1v) is 10.3. The van der Waals surface area contributed by atoms with Gasteiger partial charge in [-0.15, -0.1) is 0 Å². The number of carbonyl (C=O) groups is 2. The Morgan fingerprint density at radius 2 is 1.66 bits per heavy atom. The molecular weight excluding hydrogens is 412 g/mol. The summed E-state index contributed by atoms with van der Waals surface area (Å²) < 4.78 is 21.3. The first kappa shape index (κ1) is 23.0. The van der Waals surface area contributed by atoms with E-state index in [0.29, 0.717) is 54.6 Å². The molecule has 0 saturated heterocycles. The van der Waals surface area contributed by atoms with Crippen molar-refractivity contribution in [3.05, 3.63) is 53.6 Å². The summed E-state index contributed by atoms with van der Waals surface area (Å²) in [5, 5.41) is 2.61. The van der Waals surface area contributed by atoms with Gasteiger partial charge in [-0.3, -0.25) is 10.1 Å². The maximum atomic E-state index is 12.9. The van der Waals surface area contributed by atoms with E-state index in [1.807, 2.05) is 18.2 Å². The van der Waals surface area contributed by atoms with Gasteiger partial charge in [0, 0.05) is 36.5 Å². The Balaban J connectivity index is 1.73. The van der Waals surface area contributed by atoms with Crippen LogP contribution in [0.2, 0.25) is 0 Å². The van der Waals surface area contributed by atoms with Crippen LogP contribution in [0.5, 0.6) is 17.2 Å². The van der Waals surface area contributed by atoms with Crippen molar-refractivity contribution in [1.29, 1.82) is 0 Å². The molecule has 1 aliphatic rings. The molecule has 32 heavy (non-hydrogen) atoms. The van der Waals surface area contributed by atoms with E-state index in [2.05, 4.69) is 5.32 Å². The summed E-state index contributed by atoms with van der Waals surface area (Å²) >= 11 is 0. The number of nitrogens with one attached hydrogen (secondary N) is 1. The maximum absolute atomic E-state index is 12.9. The number of ether oxygens (including phenoxy) is 4. The van der Waals surface area contributed by atoms with Crippen LogP contribution in [0.4, 0.5) is 10.5 Å². The maximum Gasteiger partial charge on any atom is 0.411 e. The molecule has 1 N–H and O–H groups in total. The highest BCUT2D eigenvalue weighted by molar-refractivity contribution is 5.96. The molecule has 2 aromatic rings. The highest BCUT2D eigenvalue weighted by Gasteiger charge is 2.23. The zero-order chi connectivity index (χ0) is 23.1. The van der Waals surface area contributed by atoms with Gasteiger partial charge in [0.1, 0.15) is 17.2 Å². The van der Waals surface area contributed by atoms with Crippen molar-refractivity contribution in [2.45, 2.75) is 13.3 Å². The van der Waals surface area contributed by atoms with Gasteiger partial charge in [-0.2, -0.15) is 0 Å². The third-order valence-corrected chi connectivity index (χ3v) is 5.19. The number of carbonyl (C=O) groups excluding carboxylic acids is 2. The molecule has 2 amide bonds. The fourth-order valence-electron chi connectivity index (χ4n) is 3.57. The zero-order valence-corrected chi connectivity index (χ0v) is 18.8. The average molecular weight is 440 g/mol. The summed E-state index contributed by atoms with van der Waals surface area (Å²) in [5.41, 5.74) is 3.05. The van der Waals surface area contributed by atoms with E-state index in [4.69, 9.17) is 18.9 Å². The van der Waals surface area contributed by atoms with Crippen LogP contribution in [0.3, 0.4) is 0 Å². The van der Waals surface area contributed by atoms with Gasteiger partial charge in [-0.1, -0.05) is 6.08 Å². The molecule has 0 aromatic heterocycles. The Morgan fingerprint density at radius 1 is 1.00 bits per heavy atom. The quantitative estimate of drug-likeness (QED) is 0.694. The van der Waals surface area contributed by atoms with Gasteiger partial charge in [0.05, 0.1) is 33.5 Å². The number of rotatable bonds is 7. The minimum absolute atomic E-state index is 0.0726. The standard InChI is InChI=1S/C24H28N2O6/c1-5-32-24(28)25-18-8-6-17(7-9-18)23(27)26-12-10-16(11-13-26)22-20(30-3)14-19(29-2)15-21(22)31-4/h6-10,14-15H,5,11-13H2,1-4H3,(H,25,28). The van der Waals surface area contributed by atoms with Gasteiger partial charge in [0.25, 0.3) is 5.91 Å². The summed E-state index contributed by atoms with van der Waals surface area (Å²) in [4.78, 5) is 26.2. The van der Waals surface area contributed by atoms with Crippen LogP contribution in [0.15, 0.2) is 42.5 Å². The van der Waals surface area contributed by atoms with Gasteiger partial charge in [0.15, 0.2) is 0 Å². The molecule has 8 heteroatoms. The Bertz CT molecular complexity index is 975. The van der Waals surface area contributed by atoms with Crippen LogP contribution < -0.4 is 19.5 Å². The van der Waals surface area contributed by atoms with Gasteiger partial charge < -0.3 is 23.8 Å². The largest absolute Gasteiger partial charge is 0.496 e. The first-order chi connectivity index (χ1) is 15.5. The Labute approximate surface area is 187 Å². The van der Waals surface area contributed by atoms with Gasteiger partial charge in [-0.25, -0.2) is 4.79 Å². The highest BCUT2D eigenvalue weighted by atomic mass is 16.5. The van der Waals surface area contributed by atoms with Crippen LogP contribution in [-0.2, 0) is 4.74 Å². The minimum atomic E-state index is -0.523. The van der Waals surface area contributed by atoms with E-state index in [1.165, 1.54) is 0 Å². The molecule has 0 fully saturated rings. The van der Waals surface area contributed by atoms with Crippen molar-refractivity contribution in [3.63, 3.8) is 0 Å². The first-order valence-electron chi connectivity index (χ1n) is 10.3. The number of anilines is 1. The number of benzene rings is 2. The number of amides is 2. The Morgan fingerprint density at radius 3 is 2.16 bits per heavy atom. The van der Waals surface area contributed by atoms with E-state index >= 15 is 0 Å². The van der Waals surface area contributed by atoms with Crippen molar-refractivity contribution in [3.8, 4) is 17.2 Å². The monoisotopic (exact) mass is 440 g/mol. The number of methoxy groups -OCH3 is 3. The second-order valence-electron chi connectivity index (χ2n) is 7.06. The molecule has 0 unspecified atom stereocenters. The molecule has 8 nitrogen and oxygen atoms in total. The molecule has 0 spiro atoms. The molecule has 0 radical (unpaired) electrons. The molecule has 1 aliphatic heterocycles. The van der Waals surface area contributed by atoms with Crippen LogP contribution in [0, 0.1) is 0 Å². The van der Waals surface area contributed by atoms with E-state index < -0.39 is 6.09 Å². The lowest BCUT2D eigenvalue weighted by atomic mass is 9.96. The summed E-state index contributed by atoms with van der Waals surface area (Å²) in [6, 6.07) is 10.4. The summed E-state index contributed by atoms with van der Waals surface area (Å²) in [6.45, 7) is 3.06. The van der Waals surface area contributed by atoms with Crippen molar-refractivity contribution >= 4 is 23.3 Å². The minimum Gasteiger partial charge on any atom is -0.496 e. The SMILES string of the molecule is CCOC(=O)Nc1ccc(C(=O)N2CC=C(c3c(OC)cc(OC)cc3OC)CC2)cc1. The van der Waals surface area contributed by atoms with E-state index in [1.54, 1.807) is 57.4 Å². The smallest absolute Gasteiger partial charge is 0.411 e. The third-order valence-electron chi connectivity index (χ3n) is 5.19. The van der Waals surface area contributed by atoms with E-state index in [9.17, 15) is 9.59 Å². The summed E-state index contributed by atoms with van der Waals surface area (Å²) in [7, 11) is 4.81. The normalized spacial score (nSPS) is 13.1. The lowest BCUT2D eigenvalue weighted by molar-refractivity contribution is 0.0773. The molecule has 0 bridgehead atoms. The highest BCUT2D eigenvalue weighted by Crippen LogP contribution is 2.40. The van der Waals surface area contributed by atoms with Crippen LogP contribution >= 0.6 is 0 Å². The average Bonchev–Trinajstić information content (AvgIpc) is 2.83. The molecule has 0 saturated carbocycles. The van der Waals surface area contributed by atoms with Gasteiger partial charge in [-0.05, 0) is 43.2 Å². The molecular formula is C24H28N2O6. The Kier molecular flexibility index (Phi) is 7.59. The van der Waals surface area contributed by atoms with Crippen molar-refractivity contribution < 1.29 is 28.5 Å². The fourth-order valence-corrected chi connectivity index (χ4v) is 3.57. The molecule has 170 valence electrons. The predicted octanol–water partition coefficient (Wildman–Crippen LogP) is 4.21. The lowest BCUT2D eigenvalue weighted by Crippen LogP contribution is -2.34. The zero-order valence-electron chi connectivity index (χ0n) is 18.8. The van der Waals surface area contributed by atoms with Gasteiger partial charge in [0.2, 0.25) is 0 Å². The van der Waals surface area contributed by atoms with Crippen molar-refractivity contribution in [2.75, 3.05) is 46.3 Å². The summed E-state index contributed by atoms with van der Waals surface area (Å²) in [6.07, 6.45) is 2.16. The fraction of sp³-hybridized carbons (Fsp3) is 0.333. The number of nitrogens with zero attached hydrogens (tertiary/aromatic N) is 1. The van der Waals surface area contributed by atoms with Crippen LogP contribution in [0.25, 0.3) is 5.57 Å². The van der Waals surface area contributed by atoms with Crippen LogP contribution in [0.1, 0.15) is 29.3 Å². The molecule has 2 aromatic carbocycles. The second-order valence-corrected chi connectivity index (χ2v) is 7.06. The van der Waals surface area contributed by atoms with Crippen LogP contribution in [-0.4, -0.2) is 57.9 Å². The van der Waals surface area contributed by atoms with E-state index in [0.717, 1.165) is 11.1 Å². The lowest BCUT2D eigenvalue weighted by Gasteiger charge is -2.28. The van der Waals surface area contributed by atoms with Crippen molar-refractivity contribution in [1.82, 2.24) is 4.90 Å². The number of hydrogen-bond donors (Lipinski definition) is 1. The molecule has 0 aliphatic carbocycles. The second kappa shape index (κ2) is 10.6.